The lowest BCUT2D eigenvalue weighted by Gasteiger charge is -2.14. The Bertz CT molecular complexity index is 653. The van der Waals surface area contributed by atoms with Crippen molar-refractivity contribution in [2.75, 3.05) is 10.6 Å². The first-order chi connectivity index (χ1) is 10.6. The zero-order valence-corrected chi connectivity index (χ0v) is 12.2. The van der Waals surface area contributed by atoms with E-state index in [0.29, 0.717) is 5.95 Å². The summed E-state index contributed by atoms with van der Waals surface area (Å²) in [6, 6.07) is 7.59. The predicted molar refractivity (Wildman–Crippen MR) is 81.8 cm³/mol. The van der Waals surface area contributed by atoms with Crippen LogP contribution < -0.4 is 10.6 Å². The van der Waals surface area contributed by atoms with Crippen LogP contribution in [0.15, 0.2) is 36.7 Å². The molecule has 1 saturated carbocycles. The molecular formula is C16H17FN4O. The summed E-state index contributed by atoms with van der Waals surface area (Å²) in [5, 5.41) is 6.00. The number of aromatic nitrogens is 2. The third kappa shape index (κ3) is 3.58. The van der Waals surface area contributed by atoms with Crippen molar-refractivity contribution in [1.29, 1.82) is 0 Å². The summed E-state index contributed by atoms with van der Waals surface area (Å²) in [5.74, 6) is 0.198. The van der Waals surface area contributed by atoms with E-state index < -0.39 is 5.82 Å². The number of benzene rings is 1. The fraction of sp³-hybridized carbons (Fsp3) is 0.312. The number of nitrogens with one attached hydrogen (secondary N) is 2. The summed E-state index contributed by atoms with van der Waals surface area (Å²) in [6.45, 7) is 1.96. The lowest BCUT2D eigenvalue weighted by molar-refractivity contribution is -0.117. The van der Waals surface area contributed by atoms with E-state index in [1.54, 1.807) is 0 Å². The van der Waals surface area contributed by atoms with E-state index in [1.807, 2.05) is 31.2 Å². The van der Waals surface area contributed by atoms with Crippen LogP contribution in [0.2, 0.25) is 0 Å². The first-order valence-corrected chi connectivity index (χ1v) is 7.27. The molecule has 0 saturated heterocycles. The highest BCUT2D eigenvalue weighted by atomic mass is 19.1. The Balaban J connectivity index is 1.61. The molecule has 5 nitrogen and oxygen atoms in total. The number of anilines is 2. The van der Waals surface area contributed by atoms with Gasteiger partial charge in [-0.25, -0.2) is 14.4 Å². The summed E-state index contributed by atoms with van der Waals surface area (Å²) < 4.78 is 12.8. The quantitative estimate of drug-likeness (QED) is 0.890. The van der Waals surface area contributed by atoms with Crippen LogP contribution in [0, 0.1) is 11.7 Å². The Labute approximate surface area is 128 Å². The number of carbonyl (C=O) groups is 1. The largest absolute Gasteiger partial charge is 0.348 e. The predicted octanol–water partition coefficient (Wildman–Crippen LogP) is 3.14. The topological polar surface area (TPSA) is 66.9 Å². The molecule has 1 amide bonds. The SMILES string of the molecule is CC(Nc1ncc(F)cn1)c1ccc(NC(=O)C2CC2)cc1. The van der Waals surface area contributed by atoms with Crippen LogP contribution in [-0.4, -0.2) is 15.9 Å². The van der Waals surface area contributed by atoms with Gasteiger partial charge in [0, 0.05) is 11.6 Å². The minimum atomic E-state index is -0.464. The molecule has 1 aromatic heterocycles. The minimum Gasteiger partial charge on any atom is -0.348 e. The molecule has 1 unspecified atom stereocenters. The van der Waals surface area contributed by atoms with Gasteiger partial charge in [0.25, 0.3) is 0 Å². The monoisotopic (exact) mass is 300 g/mol. The van der Waals surface area contributed by atoms with E-state index >= 15 is 0 Å². The Morgan fingerprint density at radius 3 is 2.45 bits per heavy atom. The van der Waals surface area contributed by atoms with Crippen molar-refractivity contribution >= 4 is 17.5 Å². The molecule has 1 aliphatic rings. The van der Waals surface area contributed by atoms with Crippen LogP contribution in [0.4, 0.5) is 16.0 Å². The Kier molecular flexibility index (Phi) is 4.00. The Morgan fingerprint density at radius 2 is 1.86 bits per heavy atom. The molecule has 1 atom stereocenters. The molecule has 114 valence electrons. The van der Waals surface area contributed by atoms with Gasteiger partial charge in [-0.15, -0.1) is 0 Å². The average Bonchev–Trinajstić information content (AvgIpc) is 3.35. The van der Waals surface area contributed by atoms with Crippen molar-refractivity contribution in [1.82, 2.24) is 9.97 Å². The van der Waals surface area contributed by atoms with Gasteiger partial charge in [0.05, 0.1) is 18.4 Å². The summed E-state index contributed by atoms with van der Waals surface area (Å²) in [6.07, 6.45) is 4.22. The van der Waals surface area contributed by atoms with Crippen LogP contribution in [0.3, 0.4) is 0 Å². The highest BCUT2D eigenvalue weighted by Crippen LogP contribution is 2.30. The molecular weight excluding hydrogens is 283 g/mol. The van der Waals surface area contributed by atoms with E-state index in [2.05, 4.69) is 20.6 Å². The van der Waals surface area contributed by atoms with Gasteiger partial charge in [0.1, 0.15) is 0 Å². The first-order valence-electron chi connectivity index (χ1n) is 7.27. The number of carbonyl (C=O) groups excluding carboxylic acids is 1. The standard InChI is InChI=1S/C16H17FN4O/c1-10(20-16-18-8-13(17)9-19-16)11-4-6-14(7-5-11)21-15(22)12-2-3-12/h4-10,12H,2-3H2,1H3,(H,21,22)(H,18,19,20). The highest BCUT2D eigenvalue weighted by Gasteiger charge is 2.29. The maximum Gasteiger partial charge on any atom is 0.227 e. The maximum atomic E-state index is 12.8. The van der Waals surface area contributed by atoms with Gasteiger partial charge in [0.2, 0.25) is 11.9 Å². The van der Waals surface area contributed by atoms with Crippen molar-refractivity contribution < 1.29 is 9.18 Å². The Morgan fingerprint density at radius 1 is 1.23 bits per heavy atom. The van der Waals surface area contributed by atoms with E-state index in [0.717, 1.165) is 36.5 Å². The van der Waals surface area contributed by atoms with Crippen LogP contribution in [0.5, 0.6) is 0 Å². The van der Waals surface area contributed by atoms with Crippen molar-refractivity contribution in [2.45, 2.75) is 25.8 Å². The van der Waals surface area contributed by atoms with Crippen LogP contribution in [0.25, 0.3) is 0 Å². The highest BCUT2D eigenvalue weighted by molar-refractivity contribution is 5.94. The maximum absolute atomic E-state index is 12.8. The second kappa shape index (κ2) is 6.09. The van der Waals surface area contributed by atoms with Crippen LogP contribution in [0.1, 0.15) is 31.4 Å². The molecule has 1 aromatic carbocycles. The molecule has 22 heavy (non-hydrogen) atoms. The number of hydrogen-bond donors (Lipinski definition) is 2. The minimum absolute atomic E-state index is 0.0290. The summed E-state index contributed by atoms with van der Waals surface area (Å²) in [5.41, 5.74) is 1.82. The lowest BCUT2D eigenvalue weighted by Crippen LogP contribution is -2.13. The van der Waals surface area contributed by atoms with E-state index in [9.17, 15) is 9.18 Å². The summed E-state index contributed by atoms with van der Waals surface area (Å²) in [4.78, 5) is 19.4. The zero-order valence-electron chi connectivity index (χ0n) is 12.2. The van der Waals surface area contributed by atoms with Gasteiger partial charge >= 0.3 is 0 Å². The molecule has 0 spiro atoms. The second-order valence-electron chi connectivity index (χ2n) is 5.48. The molecule has 1 heterocycles. The molecule has 1 fully saturated rings. The van der Waals surface area contributed by atoms with Gasteiger partial charge in [-0.3, -0.25) is 4.79 Å². The molecule has 2 aromatic rings. The summed E-state index contributed by atoms with van der Waals surface area (Å²) in [7, 11) is 0. The molecule has 3 rings (SSSR count). The third-order valence-corrected chi connectivity index (χ3v) is 3.59. The fourth-order valence-corrected chi connectivity index (χ4v) is 2.11. The number of halogens is 1. The molecule has 1 aliphatic carbocycles. The van der Waals surface area contributed by atoms with Gasteiger partial charge in [-0.1, -0.05) is 12.1 Å². The van der Waals surface area contributed by atoms with Gasteiger partial charge in [-0.05, 0) is 37.5 Å². The Hall–Kier alpha value is -2.50. The molecule has 6 heteroatoms. The third-order valence-electron chi connectivity index (χ3n) is 3.59. The number of rotatable bonds is 5. The van der Waals surface area contributed by atoms with Crippen LogP contribution in [-0.2, 0) is 4.79 Å². The molecule has 0 bridgehead atoms. The molecule has 0 aliphatic heterocycles. The van der Waals surface area contributed by atoms with Gasteiger partial charge in [0.15, 0.2) is 5.82 Å². The van der Waals surface area contributed by atoms with E-state index in [1.165, 1.54) is 0 Å². The van der Waals surface area contributed by atoms with Gasteiger partial charge < -0.3 is 10.6 Å². The fourth-order valence-electron chi connectivity index (χ4n) is 2.11. The van der Waals surface area contributed by atoms with E-state index in [-0.39, 0.29) is 17.9 Å². The van der Waals surface area contributed by atoms with Crippen LogP contribution >= 0.6 is 0 Å². The lowest BCUT2D eigenvalue weighted by atomic mass is 10.1. The number of amides is 1. The van der Waals surface area contributed by atoms with Crippen molar-refractivity contribution in [3.8, 4) is 0 Å². The first kappa shape index (κ1) is 14.4. The number of hydrogen-bond acceptors (Lipinski definition) is 4. The van der Waals surface area contributed by atoms with Crippen molar-refractivity contribution in [2.24, 2.45) is 5.92 Å². The number of nitrogens with zero attached hydrogens (tertiary/aromatic N) is 2. The van der Waals surface area contributed by atoms with Gasteiger partial charge in [-0.2, -0.15) is 0 Å². The normalized spacial score (nSPS) is 15.2. The van der Waals surface area contributed by atoms with E-state index in [4.69, 9.17) is 0 Å². The average molecular weight is 300 g/mol. The molecule has 0 radical (unpaired) electrons. The summed E-state index contributed by atoms with van der Waals surface area (Å²) >= 11 is 0. The second-order valence-corrected chi connectivity index (χ2v) is 5.48. The van der Waals surface area contributed by atoms with Crippen molar-refractivity contribution in [3.63, 3.8) is 0 Å². The molecule has 2 N–H and O–H groups in total. The van der Waals surface area contributed by atoms with Crippen molar-refractivity contribution in [3.05, 3.63) is 48.0 Å². The smallest absolute Gasteiger partial charge is 0.227 e. The zero-order chi connectivity index (χ0) is 15.5.